The molecule has 3 aliphatic rings. The van der Waals surface area contributed by atoms with Crippen molar-refractivity contribution < 1.29 is 9.22 Å². The van der Waals surface area contributed by atoms with Crippen molar-refractivity contribution in [3.63, 3.8) is 0 Å². The van der Waals surface area contributed by atoms with Gasteiger partial charge in [0.1, 0.15) is 5.60 Å². The van der Waals surface area contributed by atoms with Gasteiger partial charge in [-0.15, -0.1) is 0 Å². The van der Waals surface area contributed by atoms with Crippen LogP contribution in [0.1, 0.15) is 69.9 Å². The Hall–Kier alpha value is -1.69. The first-order valence-corrected chi connectivity index (χ1v) is 20.3. The average Bonchev–Trinajstić information content (AvgIpc) is 3.41. The third kappa shape index (κ3) is 6.62. The second-order valence-electron chi connectivity index (χ2n) is 14.5. The number of allylic oxidation sites excluding steroid dienone is 1. The fourth-order valence-corrected chi connectivity index (χ4v) is 10.9. The van der Waals surface area contributed by atoms with Crippen LogP contribution >= 0.6 is 15.9 Å². The van der Waals surface area contributed by atoms with Gasteiger partial charge in [-0.1, -0.05) is 96.0 Å². The normalized spacial score (nSPS) is 32.0. The minimum Gasteiger partial charge on any atom is -0.403 e. The molecule has 5 heteroatoms. The molecular formula is C36H50BrNO2Si. The Balaban J connectivity index is 1.43. The van der Waals surface area contributed by atoms with E-state index >= 15 is 0 Å². The number of nitrogens with zero attached hydrogens (tertiary/aromatic N) is 1. The molecule has 3 nitrogen and oxygen atoms in total. The van der Waals surface area contributed by atoms with Crippen molar-refractivity contribution in [1.82, 2.24) is 4.90 Å². The largest absolute Gasteiger partial charge is 0.403 e. The summed E-state index contributed by atoms with van der Waals surface area (Å²) in [5.74, 6) is 2.18. The number of halogens is 1. The van der Waals surface area contributed by atoms with E-state index < -0.39 is 13.9 Å². The van der Waals surface area contributed by atoms with Gasteiger partial charge in [-0.05, 0) is 104 Å². The van der Waals surface area contributed by atoms with Gasteiger partial charge in [-0.3, -0.25) is 4.79 Å². The number of carbonyl (C=O) groups excluding carboxylic acids is 1. The molecule has 0 spiro atoms. The summed E-state index contributed by atoms with van der Waals surface area (Å²) in [6.07, 6.45) is 9.88. The summed E-state index contributed by atoms with van der Waals surface area (Å²) in [6.45, 7) is 12.5. The molecule has 41 heavy (non-hydrogen) atoms. The van der Waals surface area contributed by atoms with Crippen LogP contribution in [0.2, 0.25) is 19.6 Å². The average molecular weight is 637 g/mol. The van der Waals surface area contributed by atoms with Crippen LogP contribution in [0.4, 0.5) is 0 Å². The second-order valence-corrected chi connectivity index (χ2v) is 19.3. The third-order valence-corrected chi connectivity index (χ3v) is 12.1. The molecule has 1 saturated heterocycles. The third-order valence-electron chi connectivity index (χ3n) is 10.5. The molecule has 5 rings (SSSR count). The van der Waals surface area contributed by atoms with E-state index in [0.29, 0.717) is 29.6 Å². The number of rotatable bonds is 10. The summed E-state index contributed by atoms with van der Waals surface area (Å²) < 4.78 is 6.99. The Morgan fingerprint density at radius 3 is 2.34 bits per heavy atom. The minimum atomic E-state index is -2.01. The molecule has 222 valence electrons. The van der Waals surface area contributed by atoms with Crippen molar-refractivity contribution >= 4 is 30.2 Å². The van der Waals surface area contributed by atoms with E-state index in [1.54, 1.807) is 5.57 Å². The van der Waals surface area contributed by atoms with Crippen LogP contribution in [-0.2, 0) is 22.1 Å². The zero-order valence-corrected chi connectivity index (χ0v) is 28.5. The first-order chi connectivity index (χ1) is 19.5. The molecule has 6 atom stereocenters. The number of amides is 1. The molecule has 2 saturated carbocycles. The van der Waals surface area contributed by atoms with Gasteiger partial charge in [0.05, 0.1) is 0 Å². The molecule has 2 aromatic carbocycles. The van der Waals surface area contributed by atoms with E-state index in [1.165, 1.54) is 43.2 Å². The molecular weight excluding hydrogens is 586 g/mol. The highest BCUT2D eigenvalue weighted by atomic mass is 79.9. The molecule has 1 amide bonds. The number of likely N-dealkylation sites (tertiary alicyclic amines) is 1. The lowest BCUT2D eigenvalue weighted by Crippen LogP contribution is -2.50. The van der Waals surface area contributed by atoms with Gasteiger partial charge in [0.15, 0.2) is 8.32 Å². The summed E-state index contributed by atoms with van der Waals surface area (Å²) in [5.41, 5.74) is 3.70. The maximum atomic E-state index is 14.6. The fourth-order valence-electron chi connectivity index (χ4n) is 8.91. The zero-order valence-electron chi connectivity index (χ0n) is 25.9. The summed E-state index contributed by atoms with van der Waals surface area (Å²) >= 11 is 3.70. The monoisotopic (exact) mass is 635 g/mol. The summed E-state index contributed by atoms with van der Waals surface area (Å²) in [4.78, 5) is 19.1. The first-order valence-electron chi connectivity index (χ1n) is 15.9. The Morgan fingerprint density at radius 2 is 1.71 bits per heavy atom. The van der Waals surface area contributed by atoms with Gasteiger partial charge in [0.25, 0.3) is 5.91 Å². The van der Waals surface area contributed by atoms with Crippen LogP contribution in [0.3, 0.4) is 0 Å². The van der Waals surface area contributed by atoms with Crippen LogP contribution in [0.25, 0.3) is 0 Å². The van der Waals surface area contributed by atoms with Crippen LogP contribution in [0.15, 0.2) is 71.2 Å². The Bertz CT molecular complexity index is 1210. The van der Waals surface area contributed by atoms with Gasteiger partial charge in [0.2, 0.25) is 0 Å². The SMILES string of the molecule is C[C@H](CC1CC(Cc2ccccc2)(O[Si](C)(C)C)C(=O)N1CCc1ccccc1)[C@H]1CC[C@H]2/C(=C/Br)CCC[C@]12C. The van der Waals surface area contributed by atoms with E-state index in [4.69, 9.17) is 4.43 Å². The smallest absolute Gasteiger partial charge is 0.254 e. The van der Waals surface area contributed by atoms with Crippen molar-refractivity contribution in [2.45, 2.75) is 103 Å². The van der Waals surface area contributed by atoms with E-state index in [9.17, 15) is 4.79 Å². The number of carbonyl (C=O) groups is 1. The summed E-state index contributed by atoms with van der Waals surface area (Å²) in [7, 11) is -2.01. The standard InChI is InChI=1S/C36H50BrNO2Si/c1-27(32-18-19-33-30(26-37)17-12-21-35(32,33)2)23-31-25-36(40-41(3,4)5,24-29-15-10-7-11-16-29)34(39)38(31)22-20-28-13-8-6-9-14-28/h6-11,13-16,26-27,31-33H,12,17-25H2,1-5H3/b30-26+/t27-,31?,32-,33+,35-,36?/m1/s1. The Morgan fingerprint density at radius 1 is 1.05 bits per heavy atom. The van der Waals surface area contributed by atoms with Crippen LogP contribution in [0.5, 0.6) is 0 Å². The van der Waals surface area contributed by atoms with Gasteiger partial charge in [-0.2, -0.15) is 0 Å². The van der Waals surface area contributed by atoms with E-state index in [-0.39, 0.29) is 11.9 Å². The van der Waals surface area contributed by atoms with Crippen molar-refractivity contribution in [2.24, 2.45) is 23.2 Å². The number of hydrogen-bond donors (Lipinski definition) is 0. The van der Waals surface area contributed by atoms with Gasteiger partial charge in [0, 0.05) is 25.4 Å². The Labute approximate surface area is 258 Å². The van der Waals surface area contributed by atoms with Gasteiger partial charge >= 0.3 is 0 Å². The predicted molar refractivity (Wildman–Crippen MR) is 177 cm³/mol. The zero-order chi connectivity index (χ0) is 29.3. The second kappa shape index (κ2) is 12.5. The van der Waals surface area contributed by atoms with Gasteiger partial charge in [-0.25, -0.2) is 0 Å². The summed E-state index contributed by atoms with van der Waals surface area (Å²) in [5, 5.41) is 0. The van der Waals surface area contributed by atoms with Crippen molar-refractivity contribution in [3.8, 4) is 0 Å². The van der Waals surface area contributed by atoms with Gasteiger partial charge < -0.3 is 9.33 Å². The molecule has 0 N–H and O–H groups in total. The predicted octanol–water partition coefficient (Wildman–Crippen LogP) is 9.18. The quantitative estimate of drug-likeness (QED) is 0.244. The number of benzene rings is 2. The van der Waals surface area contributed by atoms with Crippen LogP contribution in [0, 0.1) is 23.2 Å². The van der Waals surface area contributed by atoms with E-state index in [0.717, 1.165) is 25.8 Å². The first kappa shape index (κ1) is 30.8. The van der Waals surface area contributed by atoms with Crippen LogP contribution < -0.4 is 0 Å². The Kier molecular flexibility index (Phi) is 9.38. The lowest BCUT2D eigenvalue weighted by molar-refractivity contribution is -0.142. The molecule has 2 aliphatic carbocycles. The molecule has 1 aliphatic heterocycles. The molecule has 0 aromatic heterocycles. The maximum Gasteiger partial charge on any atom is 0.254 e. The summed E-state index contributed by atoms with van der Waals surface area (Å²) in [6, 6.07) is 21.4. The number of hydrogen-bond acceptors (Lipinski definition) is 2. The topological polar surface area (TPSA) is 29.5 Å². The molecule has 2 unspecified atom stereocenters. The molecule has 0 bridgehead atoms. The lowest BCUT2D eigenvalue weighted by atomic mass is 9.61. The van der Waals surface area contributed by atoms with Crippen molar-refractivity contribution in [3.05, 3.63) is 82.3 Å². The maximum absolute atomic E-state index is 14.6. The molecule has 0 radical (unpaired) electrons. The van der Waals surface area contributed by atoms with Crippen LogP contribution in [-0.4, -0.2) is 37.3 Å². The lowest BCUT2D eigenvalue weighted by Gasteiger charge is -2.45. The highest BCUT2D eigenvalue weighted by molar-refractivity contribution is 9.11. The molecule has 1 heterocycles. The fraction of sp³-hybridized carbons (Fsp3) is 0.583. The van der Waals surface area contributed by atoms with Crippen molar-refractivity contribution in [1.29, 1.82) is 0 Å². The van der Waals surface area contributed by atoms with E-state index in [1.807, 2.05) is 0 Å². The highest BCUT2D eigenvalue weighted by Gasteiger charge is 2.56. The van der Waals surface area contributed by atoms with Crippen molar-refractivity contribution in [2.75, 3.05) is 6.54 Å². The minimum absolute atomic E-state index is 0.207. The van der Waals surface area contributed by atoms with E-state index in [2.05, 4.69) is 120 Å². The molecule has 3 fully saturated rings. The highest BCUT2D eigenvalue weighted by Crippen LogP contribution is 2.60. The number of fused-ring (bicyclic) bond motifs is 1. The molecule has 2 aromatic rings.